The second-order valence-corrected chi connectivity index (χ2v) is 7.78. The van der Waals surface area contributed by atoms with Gasteiger partial charge in [-0.1, -0.05) is 11.6 Å². The lowest BCUT2D eigenvalue weighted by Gasteiger charge is -2.23. The van der Waals surface area contributed by atoms with Crippen LogP contribution in [0.3, 0.4) is 0 Å². The molecule has 0 aliphatic carbocycles. The molecule has 1 aromatic carbocycles. The van der Waals surface area contributed by atoms with Crippen molar-refractivity contribution in [2.45, 2.75) is 33.2 Å². The zero-order chi connectivity index (χ0) is 20.4. The van der Waals surface area contributed by atoms with Crippen molar-refractivity contribution in [2.24, 2.45) is 0 Å². The summed E-state index contributed by atoms with van der Waals surface area (Å²) >= 11 is 5.90. The summed E-state index contributed by atoms with van der Waals surface area (Å²) in [6.07, 6.45) is 0. The summed E-state index contributed by atoms with van der Waals surface area (Å²) in [6, 6.07) is 8.21. The van der Waals surface area contributed by atoms with Gasteiger partial charge in [-0.3, -0.25) is 14.4 Å². The fraction of sp³-hybridized carbons (Fsp3) is 0.368. The van der Waals surface area contributed by atoms with Crippen LogP contribution in [0.1, 0.15) is 37.0 Å². The zero-order valence-corrected chi connectivity index (χ0v) is 16.8. The van der Waals surface area contributed by atoms with Crippen molar-refractivity contribution in [3.05, 3.63) is 57.0 Å². The number of amides is 2. The average Bonchev–Trinajstić information content (AvgIpc) is 2.53. The van der Waals surface area contributed by atoms with E-state index in [1.54, 1.807) is 31.2 Å². The van der Waals surface area contributed by atoms with E-state index >= 15 is 0 Å². The van der Waals surface area contributed by atoms with Crippen molar-refractivity contribution < 1.29 is 9.59 Å². The second-order valence-electron chi connectivity index (χ2n) is 7.35. The number of likely N-dealkylation sites (N-methyl/N-ethyl adjacent to an activating group) is 1. The van der Waals surface area contributed by atoms with Crippen molar-refractivity contribution in [2.75, 3.05) is 13.6 Å². The number of rotatable bonds is 4. The van der Waals surface area contributed by atoms with Crippen LogP contribution in [0.4, 0.5) is 0 Å². The Morgan fingerprint density at radius 1 is 1.22 bits per heavy atom. The summed E-state index contributed by atoms with van der Waals surface area (Å²) in [4.78, 5) is 38.2. The molecule has 2 amide bonds. The van der Waals surface area contributed by atoms with E-state index in [1.807, 2.05) is 20.8 Å². The van der Waals surface area contributed by atoms with E-state index in [2.05, 4.69) is 10.4 Å². The van der Waals surface area contributed by atoms with Crippen LogP contribution >= 0.6 is 11.6 Å². The molecule has 0 unspecified atom stereocenters. The Hall–Kier alpha value is -2.67. The lowest BCUT2D eigenvalue weighted by atomic mass is 10.1. The van der Waals surface area contributed by atoms with Gasteiger partial charge in [0.15, 0.2) is 5.69 Å². The standard InChI is InChI=1S/C19H23ClN4O3/c1-12-10-15(25)17(22-24(12)14-8-6-13(20)7-9-14)18(27)23(5)11-16(26)21-19(2,3)4/h6-10H,11H2,1-5H3,(H,21,26). The molecule has 0 atom stereocenters. The summed E-state index contributed by atoms with van der Waals surface area (Å²) in [6.45, 7) is 7.08. The number of hydrogen-bond donors (Lipinski definition) is 1. The molecule has 0 spiro atoms. The smallest absolute Gasteiger partial charge is 0.278 e. The fourth-order valence-corrected chi connectivity index (χ4v) is 2.59. The molecular formula is C19H23ClN4O3. The maximum atomic E-state index is 12.7. The van der Waals surface area contributed by atoms with Gasteiger partial charge in [-0.2, -0.15) is 5.10 Å². The maximum absolute atomic E-state index is 12.7. The number of carbonyl (C=O) groups is 2. The lowest BCUT2D eigenvalue weighted by molar-refractivity contribution is -0.122. The summed E-state index contributed by atoms with van der Waals surface area (Å²) in [5.74, 6) is -0.935. The van der Waals surface area contributed by atoms with Crippen LogP contribution in [-0.2, 0) is 4.79 Å². The van der Waals surface area contributed by atoms with Crippen LogP contribution in [0.15, 0.2) is 35.1 Å². The molecule has 2 rings (SSSR count). The van der Waals surface area contributed by atoms with Crippen LogP contribution in [-0.4, -0.2) is 45.6 Å². The third-order valence-electron chi connectivity index (χ3n) is 3.62. The number of aryl methyl sites for hydroxylation is 1. The highest BCUT2D eigenvalue weighted by molar-refractivity contribution is 6.30. The van der Waals surface area contributed by atoms with Crippen molar-refractivity contribution >= 4 is 23.4 Å². The van der Waals surface area contributed by atoms with E-state index in [0.29, 0.717) is 16.4 Å². The molecule has 1 heterocycles. The molecule has 0 fully saturated rings. The van der Waals surface area contributed by atoms with E-state index in [4.69, 9.17) is 11.6 Å². The third-order valence-corrected chi connectivity index (χ3v) is 3.88. The molecule has 0 bridgehead atoms. The van der Waals surface area contributed by atoms with E-state index in [0.717, 1.165) is 0 Å². The molecule has 8 heteroatoms. The van der Waals surface area contributed by atoms with Crippen molar-refractivity contribution in [1.82, 2.24) is 20.0 Å². The molecule has 0 saturated carbocycles. The number of aromatic nitrogens is 2. The first kappa shape index (κ1) is 20.6. The first-order chi connectivity index (χ1) is 12.5. The van der Waals surface area contributed by atoms with Crippen LogP contribution < -0.4 is 10.7 Å². The van der Waals surface area contributed by atoms with Gasteiger partial charge in [0.25, 0.3) is 5.91 Å². The number of carbonyl (C=O) groups excluding carboxylic acids is 2. The number of nitrogens with one attached hydrogen (secondary N) is 1. The molecule has 0 radical (unpaired) electrons. The van der Waals surface area contributed by atoms with Gasteiger partial charge in [-0.15, -0.1) is 0 Å². The highest BCUT2D eigenvalue weighted by Crippen LogP contribution is 2.14. The summed E-state index contributed by atoms with van der Waals surface area (Å²) in [5.41, 5.74) is 0.0863. The summed E-state index contributed by atoms with van der Waals surface area (Å²) in [5, 5.41) is 7.55. The Morgan fingerprint density at radius 3 is 2.37 bits per heavy atom. The highest BCUT2D eigenvalue weighted by Gasteiger charge is 2.22. The Balaban J connectivity index is 2.30. The van der Waals surface area contributed by atoms with Crippen molar-refractivity contribution in [3.63, 3.8) is 0 Å². The maximum Gasteiger partial charge on any atom is 0.278 e. The second kappa shape index (κ2) is 7.92. The summed E-state index contributed by atoms with van der Waals surface area (Å²) in [7, 11) is 1.46. The van der Waals surface area contributed by atoms with E-state index in [-0.39, 0.29) is 18.1 Å². The predicted octanol–water partition coefficient (Wildman–Crippen LogP) is 2.18. The number of benzene rings is 1. The Labute approximate surface area is 162 Å². The Bertz CT molecular complexity index is 914. The van der Waals surface area contributed by atoms with Gasteiger partial charge >= 0.3 is 0 Å². The van der Waals surface area contributed by atoms with Gasteiger partial charge in [-0.25, -0.2) is 4.68 Å². The predicted molar refractivity (Wildman–Crippen MR) is 104 cm³/mol. The van der Waals surface area contributed by atoms with Gasteiger partial charge in [0.05, 0.1) is 12.2 Å². The van der Waals surface area contributed by atoms with E-state index < -0.39 is 16.9 Å². The van der Waals surface area contributed by atoms with Gasteiger partial charge < -0.3 is 10.2 Å². The molecule has 7 nitrogen and oxygen atoms in total. The van der Waals surface area contributed by atoms with Crippen LogP contribution in [0.2, 0.25) is 5.02 Å². The van der Waals surface area contributed by atoms with Crippen molar-refractivity contribution in [3.8, 4) is 5.69 Å². The van der Waals surface area contributed by atoms with E-state index in [9.17, 15) is 14.4 Å². The number of nitrogens with zero attached hydrogens (tertiary/aromatic N) is 3. The number of halogens is 1. The molecule has 0 aliphatic rings. The molecule has 27 heavy (non-hydrogen) atoms. The minimum atomic E-state index is -0.619. The minimum Gasteiger partial charge on any atom is -0.350 e. The van der Waals surface area contributed by atoms with Crippen LogP contribution in [0.5, 0.6) is 0 Å². The molecule has 1 aromatic heterocycles. The fourth-order valence-electron chi connectivity index (χ4n) is 2.46. The monoisotopic (exact) mass is 390 g/mol. The number of hydrogen-bond acceptors (Lipinski definition) is 4. The SMILES string of the molecule is Cc1cc(=O)c(C(=O)N(C)CC(=O)NC(C)(C)C)nn1-c1ccc(Cl)cc1. The summed E-state index contributed by atoms with van der Waals surface area (Å²) < 4.78 is 1.49. The molecule has 0 aliphatic heterocycles. The molecule has 144 valence electrons. The van der Waals surface area contributed by atoms with Gasteiger partial charge in [-0.05, 0) is 52.0 Å². The average molecular weight is 391 g/mol. The van der Waals surface area contributed by atoms with Crippen LogP contribution in [0, 0.1) is 6.92 Å². The lowest BCUT2D eigenvalue weighted by Crippen LogP contribution is -2.47. The molecular weight excluding hydrogens is 368 g/mol. The molecule has 2 aromatic rings. The van der Waals surface area contributed by atoms with Gasteiger partial charge in [0.2, 0.25) is 11.3 Å². The minimum absolute atomic E-state index is 0.175. The van der Waals surface area contributed by atoms with Crippen molar-refractivity contribution in [1.29, 1.82) is 0 Å². The highest BCUT2D eigenvalue weighted by atomic mass is 35.5. The largest absolute Gasteiger partial charge is 0.350 e. The first-order valence-electron chi connectivity index (χ1n) is 8.41. The zero-order valence-electron chi connectivity index (χ0n) is 16.0. The molecule has 0 saturated heterocycles. The van der Waals surface area contributed by atoms with Gasteiger partial charge in [0, 0.05) is 29.4 Å². The van der Waals surface area contributed by atoms with Crippen LogP contribution in [0.25, 0.3) is 5.69 Å². The van der Waals surface area contributed by atoms with Gasteiger partial charge in [0.1, 0.15) is 0 Å². The normalized spacial score (nSPS) is 11.2. The Kier molecular flexibility index (Phi) is 6.05. The first-order valence-corrected chi connectivity index (χ1v) is 8.79. The quantitative estimate of drug-likeness (QED) is 0.867. The molecule has 1 N–H and O–H groups in total. The topological polar surface area (TPSA) is 84.3 Å². The Morgan fingerprint density at radius 2 is 1.81 bits per heavy atom. The third kappa shape index (κ3) is 5.40. The van der Waals surface area contributed by atoms with E-state index in [1.165, 1.54) is 22.7 Å².